The quantitative estimate of drug-likeness (QED) is 0.782. The number of hydrogen-bond donors (Lipinski definition) is 1. The summed E-state index contributed by atoms with van der Waals surface area (Å²) in [4.78, 5) is 24.4. The Morgan fingerprint density at radius 2 is 2.00 bits per heavy atom. The standard InChI is InChI=1S/C13H21NO4/c1-5-6-7-13(10(15)16)8-14(9-13)11(17)18-12(2,3)4/h5H,1,6-9H2,2-4H3,(H,15,16). The van der Waals surface area contributed by atoms with Crippen LogP contribution in [0, 0.1) is 5.41 Å². The fourth-order valence-electron chi connectivity index (χ4n) is 1.92. The molecule has 0 radical (unpaired) electrons. The van der Waals surface area contributed by atoms with Gasteiger partial charge < -0.3 is 14.7 Å². The number of rotatable bonds is 4. The summed E-state index contributed by atoms with van der Waals surface area (Å²) in [5, 5.41) is 9.23. The molecular weight excluding hydrogens is 234 g/mol. The number of likely N-dealkylation sites (tertiary alicyclic amines) is 1. The smallest absolute Gasteiger partial charge is 0.410 e. The van der Waals surface area contributed by atoms with Crippen molar-refractivity contribution >= 4 is 12.1 Å². The van der Waals surface area contributed by atoms with E-state index in [1.54, 1.807) is 26.8 Å². The Morgan fingerprint density at radius 3 is 2.39 bits per heavy atom. The van der Waals surface area contributed by atoms with Crippen molar-refractivity contribution < 1.29 is 19.4 Å². The van der Waals surface area contributed by atoms with Crippen LogP contribution in [0.1, 0.15) is 33.6 Å². The Hall–Kier alpha value is -1.52. The molecule has 0 aliphatic carbocycles. The van der Waals surface area contributed by atoms with Gasteiger partial charge in [-0.05, 0) is 33.6 Å². The topological polar surface area (TPSA) is 66.8 Å². The van der Waals surface area contributed by atoms with Crippen molar-refractivity contribution in [3.8, 4) is 0 Å². The number of ether oxygens (including phenoxy) is 1. The third kappa shape index (κ3) is 3.24. The van der Waals surface area contributed by atoms with Crippen molar-refractivity contribution in [3.05, 3.63) is 12.7 Å². The van der Waals surface area contributed by atoms with E-state index in [4.69, 9.17) is 4.74 Å². The minimum Gasteiger partial charge on any atom is -0.481 e. The second kappa shape index (κ2) is 5.00. The maximum absolute atomic E-state index is 11.7. The number of nitrogens with zero attached hydrogens (tertiary/aromatic N) is 1. The van der Waals surface area contributed by atoms with E-state index in [9.17, 15) is 14.7 Å². The molecule has 0 aromatic rings. The van der Waals surface area contributed by atoms with Gasteiger partial charge in [-0.15, -0.1) is 6.58 Å². The molecule has 18 heavy (non-hydrogen) atoms. The van der Waals surface area contributed by atoms with Crippen molar-refractivity contribution in [1.29, 1.82) is 0 Å². The molecule has 1 aliphatic heterocycles. The lowest BCUT2D eigenvalue weighted by molar-refractivity contribution is -0.160. The molecule has 1 aliphatic rings. The van der Waals surface area contributed by atoms with Crippen LogP contribution in [0.2, 0.25) is 0 Å². The molecule has 5 heteroatoms. The lowest BCUT2D eigenvalue weighted by Gasteiger charge is -2.47. The molecular formula is C13H21NO4. The molecule has 0 saturated carbocycles. The number of hydrogen-bond acceptors (Lipinski definition) is 3. The van der Waals surface area contributed by atoms with Crippen LogP contribution in [0.3, 0.4) is 0 Å². The Bertz CT molecular complexity index is 350. The van der Waals surface area contributed by atoms with Gasteiger partial charge in [-0.3, -0.25) is 4.79 Å². The molecule has 1 amide bonds. The largest absolute Gasteiger partial charge is 0.481 e. The minimum absolute atomic E-state index is 0.213. The van der Waals surface area contributed by atoms with Gasteiger partial charge in [-0.25, -0.2) is 4.79 Å². The Balaban J connectivity index is 2.56. The third-order valence-electron chi connectivity index (χ3n) is 2.92. The fourth-order valence-corrected chi connectivity index (χ4v) is 1.92. The predicted molar refractivity (Wildman–Crippen MR) is 67.3 cm³/mol. The van der Waals surface area contributed by atoms with Gasteiger partial charge in [-0.1, -0.05) is 6.08 Å². The van der Waals surface area contributed by atoms with Crippen LogP contribution in [0.4, 0.5) is 4.79 Å². The number of carbonyl (C=O) groups excluding carboxylic acids is 1. The Labute approximate surface area is 107 Å². The molecule has 1 fully saturated rings. The van der Waals surface area contributed by atoms with Crippen molar-refractivity contribution in [2.24, 2.45) is 5.41 Å². The highest BCUT2D eigenvalue weighted by Gasteiger charge is 2.51. The van der Waals surface area contributed by atoms with E-state index in [2.05, 4.69) is 6.58 Å². The zero-order valence-electron chi connectivity index (χ0n) is 11.2. The number of aliphatic carboxylic acids is 1. The molecule has 1 rings (SSSR count). The fraction of sp³-hybridized carbons (Fsp3) is 0.692. The third-order valence-corrected chi connectivity index (χ3v) is 2.92. The summed E-state index contributed by atoms with van der Waals surface area (Å²) in [5.41, 5.74) is -1.38. The SMILES string of the molecule is C=CCCC1(C(=O)O)CN(C(=O)OC(C)(C)C)C1. The van der Waals surface area contributed by atoms with Gasteiger partial charge in [0.05, 0.1) is 0 Å². The zero-order valence-corrected chi connectivity index (χ0v) is 11.2. The second-order valence-electron chi connectivity index (χ2n) is 5.75. The molecule has 0 bridgehead atoms. The van der Waals surface area contributed by atoms with E-state index in [1.807, 2.05) is 0 Å². The van der Waals surface area contributed by atoms with Gasteiger partial charge in [0.25, 0.3) is 0 Å². The molecule has 0 spiro atoms. The van der Waals surface area contributed by atoms with E-state index in [0.717, 1.165) is 0 Å². The van der Waals surface area contributed by atoms with Crippen molar-refractivity contribution in [1.82, 2.24) is 4.90 Å². The lowest BCUT2D eigenvalue weighted by atomic mass is 9.76. The van der Waals surface area contributed by atoms with E-state index in [0.29, 0.717) is 12.8 Å². The van der Waals surface area contributed by atoms with Crippen LogP contribution in [-0.4, -0.2) is 40.8 Å². The lowest BCUT2D eigenvalue weighted by Crippen LogP contribution is -2.62. The van der Waals surface area contributed by atoms with Gasteiger partial charge in [-0.2, -0.15) is 0 Å². The second-order valence-corrected chi connectivity index (χ2v) is 5.75. The summed E-state index contributed by atoms with van der Waals surface area (Å²) in [5.74, 6) is -0.857. The van der Waals surface area contributed by atoms with Gasteiger partial charge in [0.15, 0.2) is 0 Å². The predicted octanol–water partition coefficient (Wildman–Crippen LogP) is 2.27. The van der Waals surface area contributed by atoms with Crippen LogP contribution < -0.4 is 0 Å². The average Bonchev–Trinajstić information content (AvgIpc) is 2.12. The minimum atomic E-state index is -0.857. The highest BCUT2D eigenvalue weighted by atomic mass is 16.6. The first-order chi connectivity index (χ1) is 8.20. The number of carboxylic acids is 1. The summed E-state index contributed by atoms with van der Waals surface area (Å²) < 4.78 is 5.19. The molecule has 1 saturated heterocycles. The number of carboxylic acid groups (broad SMARTS) is 1. The average molecular weight is 255 g/mol. The van der Waals surface area contributed by atoms with Crippen LogP contribution in [-0.2, 0) is 9.53 Å². The summed E-state index contributed by atoms with van der Waals surface area (Å²) in [6.07, 6.45) is 2.39. The zero-order chi connectivity index (χ0) is 14.0. The van der Waals surface area contributed by atoms with Crippen LogP contribution in [0.25, 0.3) is 0 Å². The number of amides is 1. The molecule has 5 nitrogen and oxygen atoms in total. The van der Waals surface area contributed by atoms with E-state index in [-0.39, 0.29) is 13.1 Å². The molecule has 1 N–H and O–H groups in total. The molecule has 0 aromatic carbocycles. The van der Waals surface area contributed by atoms with Gasteiger partial charge in [0.2, 0.25) is 0 Å². The Morgan fingerprint density at radius 1 is 1.44 bits per heavy atom. The first-order valence-electron chi connectivity index (χ1n) is 6.02. The van der Waals surface area contributed by atoms with E-state index < -0.39 is 23.1 Å². The summed E-state index contributed by atoms with van der Waals surface area (Å²) in [7, 11) is 0. The van der Waals surface area contributed by atoms with Crippen molar-refractivity contribution in [2.45, 2.75) is 39.2 Å². The first kappa shape index (κ1) is 14.5. The van der Waals surface area contributed by atoms with Gasteiger partial charge >= 0.3 is 12.1 Å². The highest BCUT2D eigenvalue weighted by molar-refractivity contribution is 5.80. The van der Waals surface area contributed by atoms with Crippen LogP contribution in [0.5, 0.6) is 0 Å². The Kier molecular flexibility index (Phi) is 4.04. The van der Waals surface area contributed by atoms with E-state index >= 15 is 0 Å². The van der Waals surface area contributed by atoms with E-state index in [1.165, 1.54) is 4.90 Å². The van der Waals surface area contributed by atoms with Gasteiger partial charge in [0.1, 0.15) is 11.0 Å². The monoisotopic (exact) mass is 255 g/mol. The van der Waals surface area contributed by atoms with Crippen molar-refractivity contribution in [2.75, 3.05) is 13.1 Å². The highest BCUT2D eigenvalue weighted by Crippen LogP contribution is 2.36. The maximum Gasteiger partial charge on any atom is 0.410 e. The molecule has 0 unspecified atom stereocenters. The summed E-state index contributed by atoms with van der Waals surface area (Å²) in [6, 6.07) is 0. The molecule has 1 heterocycles. The van der Waals surface area contributed by atoms with Crippen LogP contribution in [0.15, 0.2) is 12.7 Å². The van der Waals surface area contributed by atoms with Crippen LogP contribution >= 0.6 is 0 Å². The number of carbonyl (C=O) groups is 2. The summed E-state index contributed by atoms with van der Waals surface area (Å²) in [6.45, 7) is 9.37. The normalized spacial score (nSPS) is 17.8. The van der Waals surface area contributed by atoms with Gasteiger partial charge in [0, 0.05) is 13.1 Å². The molecule has 102 valence electrons. The number of allylic oxidation sites excluding steroid dienone is 1. The maximum atomic E-state index is 11.7. The summed E-state index contributed by atoms with van der Waals surface area (Å²) >= 11 is 0. The first-order valence-corrected chi connectivity index (χ1v) is 6.02. The molecule has 0 atom stereocenters. The van der Waals surface area contributed by atoms with Crippen molar-refractivity contribution in [3.63, 3.8) is 0 Å². The molecule has 0 aromatic heterocycles.